The Morgan fingerprint density at radius 1 is 1.12 bits per heavy atom. The largest absolute Gasteiger partial charge is 0.370 e. The highest BCUT2D eigenvalue weighted by Gasteiger charge is 2.25. The first kappa shape index (κ1) is 16.3. The fourth-order valence-corrected chi connectivity index (χ4v) is 4.24. The number of piperidine rings is 1. The Bertz CT molecular complexity index is 765. The summed E-state index contributed by atoms with van der Waals surface area (Å²) in [6.07, 6.45) is 6.78. The van der Waals surface area contributed by atoms with Gasteiger partial charge in [0.1, 0.15) is 5.52 Å². The molecule has 0 saturated carbocycles. The van der Waals surface area contributed by atoms with Crippen molar-refractivity contribution in [1.29, 1.82) is 0 Å². The summed E-state index contributed by atoms with van der Waals surface area (Å²) in [5.41, 5.74) is 1.91. The highest BCUT2D eigenvalue weighted by molar-refractivity contribution is 5.97. The van der Waals surface area contributed by atoms with Crippen molar-refractivity contribution in [2.75, 3.05) is 37.6 Å². The molecule has 2 saturated heterocycles. The van der Waals surface area contributed by atoms with Crippen LogP contribution in [0.3, 0.4) is 0 Å². The smallest absolute Gasteiger partial charge is 0.278 e. The van der Waals surface area contributed by atoms with E-state index >= 15 is 0 Å². The van der Waals surface area contributed by atoms with Gasteiger partial charge in [0.05, 0.1) is 16.0 Å². The number of non-ortho nitro benzene ring substituents is 1. The van der Waals surface area contributed by atoms with Crippen molar-refractivity contribution in [3.63, 3.8) is 0 Å². The quantitative estimate of drug-likeness (QED) is 0.630. The lowest BCUT2D eigenvalue weighted by molar-refractivity contribution is -0.383. The van der Waals surface area contributed by atoms with Crippen LogP contribution < -0.4 is 4.90 Å². The number of nitro benzene ring substituents is 1. The van der Waals surface area contributed by atoms with Crippen LogP contribution in [0.4, 0.5) is 11.4 Å². The minimum atomic E-state index is -0.323. The highest BCUT2D eigenvalue weighted by atomic mass is 16.6. The van der Waals surface area contributed by atoms with Crippen molar-refractivity contribution in [3.05, 3.63) is 40.6 Å². The van der Waals surface area contributed by atoms with E-state index in [1.165, 1.54) is 45.3 Å². The lowest BCUT2D eigenvalue weighted by atomic mass is 9.95. The lowest BCUT2D eigenvalue weighted by Gasteiger charge is -2.35. The zero-order chi connectivity index (χ0) is 17.2. The number of benzene rings is 1. The molecule has 25 heavy (non-hydrogen) atoms. The number of anilines is 1. The molecule has 2 aliphatic rings. The van der Waals surface area contributed by atoms with Gasteiger partial charge in [-0.1, -0.05) is 0 Å². The van der Waals surface area contributed by atoms with Crippen molar-refractivity contribution < 1.29 is 4.92 Å². The minimum Gasteiger partial charge on any atom is -0.370 e. The summed E-state index contributed by atoms with van der Waals surface area (Å²) in [7, 11) is 0. The number of likely N-dealkylation sites (tertiary alicyclic amines) is 1. The van der Waals surface area contributed by atoms with Crippen LogP contribution in [0.15, 0.2) is 30.5 Å². The first-order valence-electron chi connectivity index (χ1n) is 9.22. The second-order valence-corrected chi connectivity index (χ2v) is 7.20. The molecule has 2 fully saturated rings. The number of aromatic nitrogens is 1. The molecule has 1 aromatic carbocycles. The van der Waals surface area contributed by atoms with E-state index in [-0.39, 0.29) is 10.6 Å². The molecule has 0 atom stereocenters. The summed E-state index contributed by atoms with van der Waals surface area (Å²) in [6.45, 7) is 5.76. The van der Waals surface area contributed by atoms with Crippen LogP contribution in [0.5, 0.6) is 0 Å². The summed E-state index contributed by atoms with van der Waals surface area (Å²) in [4.78, 5) is 20.3. The van der Waals surface area contributed by atoms with Crippen LogP contribution in [0.25, 0.3) is 10.9 Å². The van der Waals surface area contributed by atoms with Gasteiger partial charge in [-0.15, -0.1) is 0 Å². The zero-order valence-electron chi connectivity index (χ0n) is 14.4. The van der Waals surface area contributed by atoms with Crippen LogP contribution in [-0.4, -0.2) is 47.5 Å². The zero-order valence-corrected chi connectivity index (χ0v) is 14.4. The summed E-state index contributed by atoms with van der Waals surface area (Å²) in [5.74, 6) is 0.770. The standard InChI is InChI=1S/C19H24N4O2/c24-23(25)17-5-6-18(19-16(17)4-3-9-20-19)22-12-7-15(8-13-22)14-21-10-1-2-11-21/h3-6,9,15H,1-2,7-8,10-14H2. The number of fused-ring (bicyclic) bond motifs is 1. The maximum atomic E-state index is 11.3. The van der Waals surface area contributed by atoms with Gasteiger partial charge in [-0.05, 0) is 62.9 Å². The molecule has 132 valence electrons. The van der Waals surface area contributed by atoms with Gasteiger partial charge in [-0.25, -0.2) is 0 Å². The van der Waals surface area contributed by atoms with Crippen LogP contribution in [0.1, 0.15) is 25.7 Å². The van der Waals surface area contributed by atoms with Crippen LogP contribution in [-0.2, 0) is 0 Å². The number of hydrogen-bond acceptors (Lipinski definition) is 5. The van der Waals surface area contributed by atoms with Gasteiger partial charge in [-0.3, -0.25) is 15.1 Å². The first-order valence-corrected chi connectivity index (χ1v) is 9.22. The van der Waals surface area contributed by atoms with Gasteiger partial charge in [0, 0.05) is 31.9 Å². The van der Waals surface area contributed by atoms with Crippen LogP contribution >= 0.6 is 0 Å². The van der Waals surface area contributed by atoms with E-state index in [9.17, 15) is 10.1 Å². The predicted molar refractivity (Wildman–Crippen MR) is 99.0 cm³/mol. The van der Waals surface area contributed by atoms with Gasteiger partial charge < -0.3 is 9.80 Å². The maximum absolute atomic E-state index is 11.3. The molecule has 1 aromatic heterocycles. The van der Waals surface area contributed by atoms with Crippen LogP contribution in [0, 0.1) is 16.0 Å². The molecular weight excluding hydrogens is 316 g/mol. The molecule has 2 aromatic rings. The van der Waals surface area contributed by atoms with E-state index < -0.39 is 0 Å². The lowest BCUT2D eigenvalue weighted by Crippen LogP contribution is -2.38. The first-order chi connectivity index (χ1) is 12.2. The number of nitro groups is 1. The van der Waals surface area contributed by atoms with Crippen molar-refractivity contribution in [2.24, 2.45) is 5.92 Å². The maximum Gasteiger partial charge on any atom is 0.278 e. The second-order valence-electron chi connectivity index (χ2n) is 7.20. The molecule has 0 amide bonds. The van der Waals surface area contributed by atoms with Gasteiger partial charge in [0.2, 0.25) is 0 Å². The number of rotatable bonds is 4. The second kappa shape index (κ2) is 6.96. The molecule has 0 bridgehead atoms. The van der Waals surface area contributed by atoms with E-state index in [4.69, 9.17) is 0 Å². The van der Waals surface area contributed by atoms with E-state index in [0.29, 0.717) is 5.39 Å². The van der Waals surface area contributed by atoms with E-state index in [2.05, 4.69) is 14.8 Å². The Hall–Kier alpha value is -2.21. The average molecular weight is 340 g/mol. The number of nitrogens with zero attached hydrogens (tertiary/aromatic N) is 4. The molecule has 0 spiro atoms. The Morgan fingerprint density at radius 3 is 2.60 bits per heavy atom. The Balaban J connectivity index is 1.51. The topological polar surface area (TPSA) is 62.5 Å². The normalized spacial score (nSPS) is 19.6. The molecule has 3 heterocycles. The van der Waals surface area contributed by atoms with Gasteiger partial charge in [0.25, 0.3) is 5.69 Å². The summed E-state index contributed by atoms with van der Waals surface area (Å²) < 4.78 is 0. The van der Waals surface area contributed by atoms with E-state index in [1.807, 2.05) is 6.07 Å². The van der Waals surface area contributed by atoms with E-state index in [0.717, 1.165) is 30.2 Å². The SMILES string of the molecule is O=[N+]([O-])c1ccc(N2CCC(CN3CCCC3)CC2)c2ncccc12. The third-order valence-corrected chi connectivity index (χ3v) is 5.59. The highest BCUT2D eigenvalue weighted by Crippen LogP contribution is 2.34. The molecule has 0 unspecified atom stereocenters. The fraction of sp³-hybridized carbons (Fsp3) is 0.526. The van der Waals surface area contributed by atoms with Gasteiger partial charge >= 0.3 is 0 Å². The molecule has 0 aliphatic carbocycles. The summed E-state index contributed by atoms with van der Waals surface area (Å²) in [6, 6.07) is 7.05. The molecule has 4 rings (SSSR count). The van der Waals surface area contributed by atoms with Crippen molar-refractivity contribution in [2.45, 2.75) is 25.7 Å². The van der Waals surface area contributed by atoms with E-state index in [1.54, 1.807) is 24.4 Å². The molecule has 0 N–H and O–H groups in total. The fourth-order valence-electron chi connectivity index (χ4n) is 4.24. The predicted octanol–water partition coefficient (Wildman–Crippen LogP) is 3.46. The molecule has 6 heteroatoms. The Kier molecular flexibility index (Phi) is 4.53. The molecule has 6 nitrogen and oxygen atoms in total. The van der Waals surface area contributed by atoms with Crippen molar-refractivity contribution in [3.8, 4) is 0 Å². The summed E-state index contributed by atoms with van der Waals surface area (Å²) in [5, 5.41) is 11.9. The molecule has 2 aliphatic heterocycles. The minimum absolute atomic E-state index is 0.135. The molecule has 0 radical (unpaired) electrons. The third-order valence-electron chi connectivity index (χ3n) is 5.59. The van der Waals surface area contributed by atoms with Gasteiger partial charge in [-0.2, -0.15) is 0 Å². The van der Waals surface area contributed by atoms with Crippen molar-refractivity contribution in [1.82, 2.24) is 9.88 Å². The summed E-state index contributed by atoms with van der Waals surface area (Å²) >= 11 is 0. The Labute approximate surface area is 147 Å². The third kappa shape index (κ3) is 3.31. The van der Waals surface area contributed by atoms with Crippen molar-refractivity contribution >= 4 is 22.3 Å². The monoisotopic (exact) mass is 340 g/mol. The number of hydrogen-bond donors (Lipinski definition) is 0. The van der Waals surface area contributed by atoms with Crippen LogP contribution in [0.2, 0.25) is 0 Å². The molecular formula is C19H24N4O2. The average Bonchev–Trinajstić information content (AvgIpc) is 3.14. The Morgan fingerprint density at radius 2 is 1.88 bits per heavy atom. The van der Waals surface area contributed by atoms with Gasteiger partial charge in [0.15, 0.2) is 0 Å². The number of pyridine rings is 1.